The predicted molar refractivity (Wildman–Crippen MR) is 78.1 cm³/mol. The third-order valence-corrected chi connectivity index (χ3v) is 3.39. The van der Waals surface area contributed by atoms with Crippen LogP contribution in [0.2, 0.25) is 0 Å². The second-order valence-corrected chi connectivity index (χ2v) is 7.35. The van der Waals surface area contributed by atoms with Gasteiger partial charge in [-0.3, -0.25) is 0 Å². The molecule has 1 saturated carbocycles. The zero-order valence-corrected chi connectivity index (χ0v) is 13.2. The van der Waals surface area contributed by atoms with Crippen LogP contribution in [-0.4, -0.2) is 34.7 Å². The smallest absolute Gasteiger partial charge is 0.410 e. The van der Waals surface area contributed by atoms with E-state index in [1.165, 1.54) is 12.8 Å². The second-order valence-electron chi connectivity index (χ2n) is 7.35. The van der Waals surface area contributed by atoms with Crippen molar-refractivity contribution in [1.29, 1.82) is 0 Å². The van der Waals surface area contributed by atoms with Gasteiger partial charge in [-0.25, -0.2) is 4.79 Å². The highest BCUT2D eigenvalue weighted by atomic mass is 16.6. The summed E-state index contributed by atoms with van der Waals surface area (Å²) in [5.74, 6) is 0. The molecule has 0 heterocycles. The Labute approximate surface area is 117 Å². The van der Waals surface area contributed by atoms with Crippen LogP contribution in [0.15, 0.2) is 0 Å². The lowest BCUT2D eigenvalue weighted by atomic mass is 10.0. The Morgan fingerprint density at radius 2 is 1.74 bits per heavy atom. The summed E-state index contributed by atoms with van der Waals surface area (Å²) in [5, 5.41) is 0. The van der Waals surface area contributed by atoms with Crippen LogP contribution in [0.5, 0.6) is 0 Å². The van der Waals surface area contributed by atoms with Crippen LogP contribution in [-0.2, 0) is 4.74 Å². The lowest BCUT2D eigenvalue weighted by molar-refractivity contribution is 0.0153. The van der Waals surface area contributed by atoms with Gasteiger partial charge in [-0.2, -0.15) is 0 Å². The monoisotopic (exact) mass is 270 g/mol. The minimum atomic E-state index is -0.438. The molecule has 112 valence electrons. The normalized spacial score (nSPS) is 17.6. The number of hydrogen-bond acceptors (Lipinski definition) is 3. The first kappa shape index (κ1) is 16.3. The average molecular weight is 270 g/mol. The van der Waals surface area contributed by atoms with Crippen molar-refractivity contribution in [2.45, 2.75) is 83.9 Å². The first-order valence-electron chi connectivity index (χ1n) is 7.37. The number of carbonyl (C=O) groups is 1. The van der Waals surface area contributed by atoms with Crippen molar-refractivity contribution in [3.8, 4) is 0 Å². The van der Waals surface area contributed by atoms with Crippen molar-refractivity contribution in [2.24, 2.45) is 5.73 Å². The third kappa shape index (κ3) is 6.28. The fourth-order valence-electron chi connectivity index (χ4n) is 2.37. The Hall–Kier alpha value is -0.770. The average Bonchev–Trinajstić information content (AvgIpc) is 2.66. The quantitative estimate of drug-likeness (QED) is 0.852. The molecule has 0 radical (unpaired) electrons. The Morgan fingerprint density at radius 3 is 2.16 bits per heavy atom. The number of nitrogens with two attached hydrogens (primary N) is 1. The molecular formula is C15H30N2O2. The molecule has 1 aliphatic rings. The first-order valence-corrected chi connectivity index (χ1v) is 7.37. The van der Waals surface area contributed by atoms with Crippen molar-refractivity contribution in [1.82, 2.24) is 4.90 Å². The number of hydrogen-bond donors (Lipinski definition) is 1. The maximum atomic E-state index is 12.3. The van der Waals surface area contributed by atoms with E-state index in [1.54, 1.807) is 0 Å². The van der Waals surface area contributed by atoms with E-state index in [-0.39, 0.29) is 11.6 Å². The number of ether oxygens (including phenoxy) is 1. The van der Waals surface area contributed by atoms with Crippen LogP contribution < -0.4 is 5.73 Å². The van der Waals surface area contributed by atoms with Gasteiger partial charge >= 0.3 is 6.09 Å². The summed E-state index contributed by atoms with van der Waals surface area (Å²) < 4.78 is 5.52. The summed E-state index contributed by atoms with van der Waals surface area (Å²) in [6.45, 7) is 10.4. The molecule has 1 aliphatic carbocycles. The van der Waals surface area contributed by atoms with Gasteiger partial charge in [0, 0.05) is 18.1 Å². The van der Waals surface area contributed by atoms with Gasteiger partial charge in [0.05, 0.1) is 0 Å². The maximum absolute atomic E-state index is 12.3. The Balaban J connectivity index is 2.65. The number of amides is 1. The van der Waals surface area contributed by atoms with Crippen molar-refractivity contribution >= 4 is 6.09 Å². The van der Waals surface area contributed by atoms with E-state index in [2.05, 4.69) is 0 Å². The van der Waals surface area contributed by atoms with E-state index in [0.717, 1.165) is 19.3 Å². The Kier molecular flexibility index (Phi) is 5.25. The van der Waals surface area contributed by atoms with Crippen molar-refractivity contribution in [3.05, 3.63) is 0 Å². The molecule has 0 unspecified atom stereocenters. The minimum Gasteiger partial charge on any atom is -0.444 e. The molecule has 1 amide bonds. The van der Waals surface area contributed by atoms with E-state index in [1.807, 2.05) is 39.5 Å². The van der Waals surface area contributed by atoms with Crippen molar-refractivity contribution < 1.29 is 9.53 Å². The summed E-state index contributed by atoms with van der Waals surface area (Å²) >= 11 is 0. The molecule has 0 spiro atoms. The second kappa shape index (κ2) is 6.12. The highest BCUT2D eigenvalue weighted by Crippen LogP contribution is 2.26. The molecular weight excluding hydrogens is 240 g/mol. The van der Waals surface area contributed by atoms with Crippen molar-refractivity contribution in [3.63, 3.8) is 0 Å². The fourth-order valence-corrected chi connectivity index (χ4v) is 2.37. The van der Waals surface area contributed by atoms with E-state index >= 15 is 0 Å². The molecule has 0 saturated heterocycles. The molecule has 2 N–H and O–H groups in total. The van der Waals surface area contributed by atoms with Gasteiger partial charge < -0.3 is 15.4 Å². The SMILES string of the molecule is CC(C)(N)CCN(C(=O)OC(C)(C)C)C1CCCC1. The van der Waals surface area contributed by atoms with Crippen molar-refractivity contribution in [2.75, 3.05) is 6.54 Å². The molecule has 0 aliphatic heterocycles. The summed E-state index contributed by atoms with van der Waals surface area (Å²) in [7, 11) is 0. The van der Waals surface area contributed by atoms with Gasteiger partial charge in [0.15, 0.2) is 0 Å². The van der Waals surface area contributed by atoms with Crippen LogP contribution in [0, 0.1) is 0 Å². The third-order valence-electron chi connectivity index (χ3n) is 3.39. The van der Waals surface area contributed by atoms with E-state index in [4.69, 9.17) is 10.5 Å². The van der Waals surface area contributed by atoms with Crippen LogP contribution in [0.4, 0.5) is 4.79 Å². The summed E-state index contributed by atoms with van der Waals surface area (Å²) in [6, 6.07) is 0.331. The van der Waals surface area contributed by atoms with E-state index in [0.29, 0.717) is 12.6 Å². The molecule has 0 atom stereocenters. The van der Waals surface area contributed by atoms with Gasteiger partial charge in [-0.05, 0) is 53.9 Å². The van der Waals surface area contributed by atoms with Crippen LogP contribution >= 0.6 is 0 Å². The first-order chi connectivity index (χ1) is 8.58. The van der Waals surface area contributed by atoms with Crippen LogP contribution in [0.3, 0.4) is 0 Å². The zero-order chi connectivity index (χ0) is 14.7. The molecule has 1 fully saturated rings. The lowest BCUT2D eigenvalue weighted by Gasteiger charge is -2.33. The molecule has 4 heteroatoms. The van der Waals surface area contributed by atoms with Gasteiger partial charge in [0.1, 0.15) is 5.60 Å². The molecule has 1 rings (SSSR count). The number of carbonyl (C=O) groups excluding carboxylic acids is 1. The van der Waals surface area contributed by atoms with E-state index < -0.39 is 5.60 Å². The highest BCUT2D eigenvalue weighted by molar-refractivity contribution is 5.68. The van der Waals surface area contributed by atoms with Gasteiger partial charge in [-0.1, -0.05) is 12.8 Å². The summed E-state index contributed by atoms with van der Waals surface area (Å²) in [4.78, 5) is 14.2. The highest BCUT2D eigenvalue weighted by Gasteiger charge is 2.30. The number of rotatable bonds is 4. The molecule has 19 heavy (non-hydrogen) atoms. The van der Waals surface area contributed by atoms with Crippen LogP contribution in [0.1, 0.15) is 66.7 Å². The molecule has 0 aromatic rings. The fraction of sp³-hybridized carbons (Fsp3) is 0.933. The Bertz CT molecular complexity index is 296. The molecule has 0 aromatic heterocycles. The Morgan fingerprint density at radius 1 is 1.21 bits per heavy atom. The molecule has 0 aromatic carbocycles. The van der Waals surface area contributed by atoms with Gasteiger partial charge in [0.2, 0.25) is 0 Å². The maximum Gasteiger partial charge on any atom is 0.410 e. The van der Waals surface area contributed by atoms with E-state index in [9.17, 15) is 4.79 Å². The zero-order valence-electron chi connectivity index (χ0n) is 13.2. The summed E-state index contributed by atoms with van der Waals surface area (Å²) in [6.07, 6.45) is 5.19. The topological polar surface area (TPSA) is 55.6 Å². The van der Waals surface area contributed by atoms with Gasteiger partial charge in [-0.15, -0.1) is 0 Å². The molecule has 4 nitrogen and oxygen atoms in total. The lowest BCUT2D eigenvalue weighted by Crippen LogP contribution is -2.45. The molecule has 0 bridgehead atoms. The number of nitrogens with zero attached hydrogens (tertiary/aromatic N) is 1. The predicted octanol–water partition coefficient (Wildman–Crippen LogP) is 3.29. The largest absolute Gasteiger partial charge is 0.444 e. The van der Waals surface area contributed by atoms with Gasteiger partial charge in [0.25, 0.3) is 0 Å². The standard InChI is InChI=1S/C15H30N2O2/c1-14(2,3)19-13(18)17(11-10-15(4,5)16)12-8-6-7-9-12/h12H,6-11,16H2,1-5H3. The van der Waals surface area contributed by atoms with Crippen LogP contribution in [0.25, 0.3) is 0 Å². The minimum absolute atomic E-state index is 0.191. The summed E-state index contributed by atoms with van der Waals surface area (Å²) in [5.41, 5.74) is 5.34.